The number of alkyl halides is 3. The zero-order valence-corrected chi connectivity index (χ0v) is 13.2. The number of aromatic nitrogens is 5. The fourth-order valence-corrected chi connectivity index (χ4v) is 2.05. The molecular formula is C15H9F3N6O3. The number of carboxylic acid groups (broad SMARTS) is 1. The molecule has 138 valence electrons. The number of pyridine rings is 1. The lowest BCUT2D eigenvalue weighted by atomic mass is 10.1. The smallest absolute Gasteiger partial charge is 0.419 e. The monoisotopic (exact) mass is 378 g/mol. The second kappa shape index (κ2) is 6.82. The Labute approximate surface area is 148 Å². The van der Waals surface area contributed by atoms with Crippen molar-refractivity contribution < 1.29 is 27.9 Å². The van der Waals surface area contributed by atoms with Crippen LogP contribution in [0, 0.1) is 0 Å². The number of aromatic carboxylic acids is 1. The van der Waals surface area contributed by atoms with E-state index in [0.29, 0.717) is 12.3 Å². The van der Waals surface area contributed by atoms with Crippen LogP contribution in [-0.4, -0.2) is 41.5 Å². The highest BCUT2D eigenvalue weighted by atomic mass is 19.4. The Morgan fingerprint density at radius 3 is 2.56 bits per heavy atom. The maximum absolute atomic E-state index is 13.2. The molecule has 12 heteroatoms. The molecular weight excluding hydrogens is 369 g/mol. The Balaban J connectivity index is 1.92. The molecule has 0 fully saturated rings. The molecule has 0 aliphatic rings. The average molecular weight is 378 g/mol. The Morgan fingerprint density at radius 2 is 1.93 bits per heavy atom. The SMILES string of the molecule is O=C(O)c1cnc(NC(=O)c2cncc(-n3ccnc3)n2)c(C(F)(F)F)c1. The predicted octanol–water partition coefficient (Wildman–Crippen LogP) is 2.03. The van der Waals surface area contributed by atoms with Gasteiger partial charge in [-0.15, -0.1) is 0 Å². The number of carbonyl (C=O) groups excluding carboxylic acids is 1. The normalized spacial score (nSPS) is 11.2. The molecule has 3 aromatic heterocycles. The summed E-state index contributed by atoms with van der Waals surface area (Å²) < 4.78 is 41.0. The van der Waals surface area contributed by atoms with Gasteiger partial charge in [-0.25, -0.2) is 19.7 Å². The predicted molar refractivity (Wildman–Crippen MR) is 83.3 cm³/mol. The maximum Gasteiger partial charge on any atom is 0.419 e. The highest BCUT2D eigenvalue weighted by Crippen LogP contribution is 2.34. The molecule has 0 bridgehead atoms. The van der Waals surface area contributed by atoms with E-state index in [-0.39, 0.29) is 11.5 Å². The summed E-state index contributed by atoms with van der Waals surface area (Å²) in [6.07, 6.45) is 2.59. The molecule has 3 heterocycles. The van der Waals surface area contributed by atoms with Gasteiger partial charge in [0, 0.05) is 18.6 Å². The lowest BCUT2D eigenvalue weighted by molar-refractivity contribution is -0.137. The molecule has 0 saturated carbocycles. The molecule has 1 amide bonds. The van der Waals surface area contributed by atoms with Crippen LogP contribution in [0.15, 0.2) is 43.4 Å². The van der Waals surface area contributed by atoms with Gasteiger partial charge >= 0.3 is 12.1 Å². The molecule has 2 N–H and O–H groups in total. The fraction of sp³-hybridized carbons (Fsp3) is 0.0667. The largest absolute Gasteiger partial charge is 0.478 e. The molecule has 27 heavy (non-hydrogen) atoms. The number of carboxylic acids is 1. The van der Waals surface area contributed by atoms with E-state index < -0.39 is 35.0 Å². The van der Waals surface area contributed by atoms with Gasteiger partial charge in [0.25, 0.3) is 5.91 Å². The minimum atomic E-state index is -4.93. The minimum Gasteiger partial charge on any atom is -0.478 e. The van der Waals surface area contributed by atoms with E-state index in [1.54, 1.807) is 6.20 Å². The maximum atomic E-state index is 13.2. The van der Waals surface area contributed by atoms with Crippen LogP contribution in [0.5, 0.6) is 0 Å². The van der Waals surface area contributed by atoms with Crippen molar-refractivity contribution in [2.75, 3.05) is 5.32 Å². The van der Waals surface area contributed by atoms with Crippen molar-refractivity contribution in [3.05, 3.63) is 60.2 Å². The van der Waals surface area contributed by atoms with Crippen molar-refractivity contribution in [1.82, 2.24) is 24.5 Å². The zero-order valence-electron chi connectivity index (χ0n) is 13.2. The van der Waals surface area contributed by atoms with Crippen LogP contribution in [0.1, 0.15) is 26.4 Å². The quantitative estimate of drug-likeness (QED) is 0.712. The number of nitrogens with zero attached hydrogens (tertiary/aromatic N) is 5. The van der Waals surface area contributed by atoms with Gasteiger partial charge in [0.15, 0.2) is 5.82 Å². The van der Waals surface area contributed by atoms with Gasteiger partial charge in [0.2, 0.25) is 0 Å². The first-order valence-corrected chi connectivity index (χ1v) is 7.18. The molecule has 0 aliphatic heterocycles. The summed E-state index contributed by atoms with van der Waals surface area (Å²) in [5.74, 6) is -3.19. The van der Waals surface area contributed by atoms with Crippen LogP contribution in [-0.2, 0) is 6.18 Å². The summed E-state index contributed by atoms with van der Waals surface area (Å²) in [5, 5.41) is 10.8. The summed E-state index contributed by atoms with van der Waals surface area (Å²) in [4.78, 5) is 38.2. The third kappa shape index (κ3) is 3.89. The van der Waals surface area contributed by atoms with Crippen molar-refractivity contribution in [3.8, 4) is 5.82 Å². The van der Waals surface area contributed by atoms with Gasteiger partial charge in [-0.2, -0.15) is 13.2 Å². The number of imidazole rings is 1. The third-order valence-corrected chi connectivity index (χ3v) is 3.30. The second-order valence-corrected chi connectivity index (χ2v) is 5.11. The van der Waals surface area contributed by atoms with E-state index in [9.17, 15) is 22.8 Å². The minimum absolute atomic E-state index is 0.227. The van der Waals surface area contributed by atoms with Crippen LogP contribution >= 0.6 is 0 Å². The molecule has 0 unspecified atom stereocenters. The van der Waals surface area contributed by atoms with E-state index in [2.05, 4.69) is 19.9 Å². The van der Waals surface area contributed by atoms with Crippen molar-refractivity contribution in [1.29, 1.82) is 0 Å². The van der Waals surface area contributed by atoms with E-state index >= 15 is 0 Å². The second-order valence-electron chi connectivity index (χ2n) is 5.11. The fourth-order valence-electron chi connectivity index (χ4n) is 2.05. The molecule has 3 aromatic rings. The van der Waals surface area contributed by atoms with Gasteiger partial charge in [-0.05, 0) is 6.07 Å². The third-order valence-electron chi connectivity index (χ3n) is 3.30. The number of carbonyl (C=O) groups is 2. The Kier molecular flexibility index (Phi) is 4.54. The van der Waals surface area contributed by atoms with Crippen molar-refractivity contribution in [2.45, 2.75) is 6.18 Å². The molecule has 0 radical (unpaired) electrons. The summed E-state index contributed by atoms with van der Waals surface area (Å²) in [5.41, 5.74) is -2.32. The van der Waals surface area contributed by atoms with E-state index in [4.69, 9.17) is 5.11 Å². The Hall–Kier alpha value is -3.83. The summed E-state index contributed by atoms with van der Waals surface area (Å²) in [7, 11) is 0. The molecule has 0 spiro atoms. The number of nitrogens with one attached hydrogen (secondary N) is 1. The highest BCUT2D eigenvalue weighted by molar-refractivity contribution is 6.02. The highest BCUT2D eigenvalue weighted by Gasteiger charge is 2.36. The zero-order chi connectivity index (χ0) is 19.6. The first-order chi connectivity index (χ1) is 12.8. The lowest BCUT2D eigenvalue weighted by Crippen LogP contribution is -2.20. The van der Waals surface area contributed by atoms with E-state index in [0.717, 1.165) is 6.20 Å². The molecule has 0 aromatic carbocycles. The van der Waals surface area contributed by atoms with Gasteiger partial charge < -0.3 is 10.4 Å². The van der Waals surface area contributed by atoms with Crippen LogP contribution in [0.2, 0.25) is 0 Å². The van der Waals surface area contributed by atoms with E-state index in [1.807, 2.05) is 5.32 Å². The first-order valence-electron chi connectivity index (χ1n) is 7.18. The van der Waals surface area contributed by atoms with Crippen LogP contribution in [0.4, 0.5) is 19.0 Å². The van der Waals surface area contributed by atoms with Crippen molar-refractivity contribution in [2.24, 2.45) is 0 Å². The van der Waals surface area contributed by atoms with Crippen LogP contribution < -0.4 is 5.32 Å². The number of anilines is 1. The van der Waals surface area contributed by atoms with Gasteiger partial charge in [-0.3, -0.25) is 14.3 Å². The Bertz CT molecular complexity index is 1000. The van der Waals surface area contributed by atoms with Crippen LogP contribution in [0.3, 0.4) is 0 Å². The average Bonchev–Trinajstić information content (AvgIpc) is 3.15. The standard InChI is InChI=1S/C15H9F3N6O3/c16-15(17,18)9-3-8(14(26)27)4-21-12(9)23-13(25)10-5-20-6-11(22-10)24-2-1-19-7-24/h1-7H,(H,26,27)(H,21,23,25). The van der Waals surface area contributed by atoms with E-state index in [1.165, 1.54) is 23.3 Å². The van der Waals surface area contributed by atoms with Gasteiger partial charge in [0.1, 0.15) is 17.8 Å². The molecule has 0 atom stereocenters. The number of hydrogen-bond acceptors (Lipinski definition) is 6. The topological polar surface area (TPSA) is 123 Å². The van der Waals surface area contributed by atoms with Crippen LogP contribution in [0.25, 0.3) is 5.82 Å². The van der Waals surface area contributed by atoms with Crippen molar-refractivity contribution in [3.63, 3.8) is 0 Å². The first kappa shape index (κ1) is 18.0. The summed E-state index contributed by atoms with van der Waals surface area (Å²) >= 11 is 0. The molecule has 3 rings (SSSR count). The van der Waals surface area contributed by atoms with Gasteiger partial charge in [-0.1, -0.05) is 0 Å². The lowest BCUT2D eigenvalue weighted by Gasteiger charge is -2.13. The number of amides is 1. The molecule has 9 nitrogen and oxygen atoms in total. The van der Waals surface area contributed by atoms with Gasteiger partial charge in [0.05, 0.1) is 23.5 Å². The summed E-state index contributed by atoms with van der Waals surface area (Å²) in [6.45, 7) is 0. The Morgan fingerprint density at radius 1 is 1.15 bits per heavy atom. The molecule has 0 saturated heterocycles. The number of rotatable bonds is 4. The summed E-state index contributed by atoms with van der Waals surface area (Å²) in [6, 6.07) is 0.387. The van der Waals surface area contributed by atoms with Crippen molar-refractivity contribution >= 4 is 17.7 Å². The number of halogens is 3. The number of hydrogen-bond donors (Lipinski definition) is 2. The molecule has 0 aliphatic carbocycles.